The van der Waals surface area contributed by atoms with Gasteiger partial charge in [-0.05, 0) is 25.0 Å². The number of alkyl halides is 3. The highest BCUT2D eigenvalue weighted by Crippen LogP contribution is 2.43. The van der Waals surface area contributed by atoms with Gasteiger partial charge in [-0.25, -0.2) is 13.2 Å². The number of thioether (sulfide) groups is 1. The molecule has 0 fully saturated rings. The number of halogens is 3. The Morgan fingerprint density at radius 3 is 2.12 bits per heavy atom. The van der Waals surface area contributed by atoms with Crippen molar-refractivity contribution in [2.45, 2.75) is 74.6 Å². The van der Waals surface area contributed by atoms with Crippen molar-refractivity contribution in [3.8, 4) is 0 Å². The van der Waals surface area contributed by atoms with Crippen LogP contribution in [0.2, 0.25) is 0 Å². The molecule has 1 aromatic rings. The summed E-state index contributed by atoms with van der Waals surface area (Å²) in [6.07, 6.45) is 3.25. The molecule has 0 aliphatic carbocycles. The molecule has 7 heteroatoms. The van der Waals surface area contributed by atoms with Crippen molar-refractivity contribution >= 4 is 17.4 Å². The van der Waals surface area contributed by atoms with Gasteiger partial charge in [0.1, 0.15) is 0 Å². The Balaban J connectivity index is 2.50. The van der Waals surface area contributed by atoms with Crippen LogP contribution in [0.1, 0.15) is 58.3 Å². The van der Waals surface area contributed by atoms with Crippen molar-refractivity contribution in [2.75, 3.05) is 0 Å². The highest BCUT2D eigenvalue weighted by molar-refractivity contribution is 8.00. The minimum Gasteiger partial charge on any atom is -0.258 e. The van der Waals surface area contributed by atoms with Gasteiger partial charge in [0.15, 0.2) is 0 Å². The smallest absolute Gasteiger partial charge is 0.258 e. The molecule has 1 atom stereocenters. The Bertz CT molecular complexity index is 499. The van der Waals surface area contributed by atoms with Crippen LogP contribution in [-0.2, 0) is 0 Å². The van der Waals surface area contributed by atoms with Crippen LogP contribution in [0, 0.1) is 10.1 Å². The van der Waals surface area contributed by atoms with Gasteiger partial charge in [0.2, 0.25) is 5.00 Å². The summed E-state index contributed by atoms with van der Waals surface area (Å²) in [6.45, 7) is 2.12. The van der Waals surface area contributed by atoms with Crippen LogP contribution in [0.3, 0.4) is 0 Å². The summed E-state index contributed by atoms with van der Waals surface area (Å²) in [7, 11) is 0. The molecule has 1 aromatic carbocycles. The number of unbranched alkanes of at least 4 members (excludes halogenated alkanes) is 6. The van der Waals surface area contributed by atoms with Crippen molar-refractivity contribution < 1.29 is 18.1 Å². The zero-order chi connectivity index (χ0) is 18.0. The molecule has 0 saturated heterocycles. The van der Waals surface area contributed by atoms with Crippen molar-refractivity contribution in [1.82, 2.24) is 0 Å². The average Bonchev–Trinajstić information content (AvgIpc) is 2.54. The Labute approximate surface area is 145 Å². The fourth-order valence-corrected chi connectivity index (χ4v) is 3.36. The molecule has 0 aliphatic heterocycles. The summed E-state index contributed by atoms with van der Waals surface area (Å²) in [5, 5.41) is 7.93. The van der Waals surface area contributed by atoms with Gasteiger partial charge in [-0.15, -0.1) is 0 Å². The number of hydrogen-bond acceptors (Lipinski definition) is 3. The van der Waals surface area contributed by atoms with Crippen molar-refractivity contribution in [3.05, 3.63) is 34.4 Å². The minimum absolute atomic E-state index is 0.145. The SMILES string of the molecule is CCCCCCCCCC(F)(Sc1ccc([N+](=O)[O-])cc1)C(F)F. The van der Waals surface area contributed by atoms with Crippen LogP contribution in [0.25, 0.3) is 0 Å². The van der Waals surface area contributed by atoms with Gasteiger partial charge in [0.05, 0.1) is 4.92 Å². The molecule has 0 spiro atoms. The van der Waals surface area contributed by atoms with Crippen molar-refractivity contribution in [2.24, 2.45) is 0 Å². The largest absolute Gasteiger partial charge is 0.281 e. The van der Waals surface area contributed by atoms with Crippen LogP contribution in [0.4, 0.5) is 18.9 Å². The Morgan fingerprint density at radius 2 is 1.62 bits per heavy atom. The van der Waals surface area contributed by atoms with E-state index in [4.69, 9.17) is 0 Å². The van der Waals surface area contributed by atoms with Crippen molar-refractivity contribution in [1.29, 1.82) is 0 Å². The Morgan fingerprint density at radius 1 is 1.08 bits per heavy atom. The fourth-order valence-electron chi connectivity index (χ4n) is 2.36. The molecular weight excluding hydrogens is 339 g/mol. The van der Waals surface area contributed by atoms with Crippen LogP contribution < -0.4 is 0 Å². The molecule has 0 heterocycles. The quantitative estimate of drug-likeness (QED) is 0.178. The van der Waals surface area contributed by atoms with Gasteiger partial charge in [-0.2, -0.15) is 0 Å². The summed E-state index contributed by atoms with van der Waals surface area (Å²) in [5.74, 6) is 0. The first-order valence-electron chi connectivity index (χ1n) is 8.29. The third kappa shape index (κ3) is 7.11. The molecule has 0 aliphatic rings. The third-order valence-corrected chi connectivity index (χ3v) is 5.01. The molecule has 136 valence electrons. The highest BCUT2D eigenvalue weighted by atomic mass is 32.2. The first-order valence-corrected chi connectivity index (χ1v) is 9.11. The van der Waals surface area contributed by atoms with E-state index in [1.807, 2.05) is 0 Å². The van der Waals surface area contributed by atoms with Crippen LogP contribution in [0.15, 0.2) is 29.2 Å². The van der Waals surface area contributed by atoms with Gasteiger partial charge < -0.3 is 0 Å². The van der Waals surface area contributed by atoms with E-state index in [9.17, 15) is 23.3 Å². The average molecular weight is 363 g/mol. The lowest BCUT2D eigenvalue weighted by molar-refractivity contribution is -0.384. The molecule has 0 radical (unpaired) electrons. The molecular formula is C17H24F3NO2S. The highest BCUT2D eigenvalue weighted by Gasteiger charge is 2.41. The van der Waals surface area contributed by atoms with E-state index >= 15 is 0 Å². The lowest BCUT2D eigenvalue weighted by Crippen LogP contribution is -2.28. The third-order valence-electron chi connectivity index (χ3n) is 3.78. The van der Waals surface area contributed by atoms with Gasteiger partial charge in [-0.1, -0.05) is 57.2 Å². The molecule has 1 rings (SSSR count). The first kappa shape index (κ1) is 20.8. The summed E-state index contributed by atoms with van der Waals surface area (Å²) in [6, 6.07) is 5.01. The number of hydrogen-bond donors (Lipinski definition) is 0. The summed E-state index contributed by atoms with van der Waals surface area (Å²) in [5.41, 5.74) is -0.145. The van der Waals surface area contributed by atoms with Crippen LogP contribution in [-0.4, -0.2) is 16.3 Å². The monoisotopic (exact) mass is 363 g/mol. The van der Waals surface area contributed by atoms with Crippen LogP contribution in [0.5, 0.6) is 0 Å². The zero-order valence-electron chi connectivity index (χ0n) is 13.8. The molecule has 0 bridgehead atoms. The maximum atomic E-state index is 14.6. The van der Waals surface area contributed by atoms with Gasteiger partial charge in [0, 0.05) is 17.0 Å². The van der Waals surface area contributed by atoms with E-state index in [0.29, 0.717) is 18.2 Å². The summed E-state index contributed by atoms with van der Waals surface area (Å²) in [4.78, 5) is 10.3. The predicted octanol–water partition coefficient (Wildman–Crippen LogP) is 6.76. The van der Waals surface area contributed by atoms with Crippen molar-refractivity contribution in [3.63, 3.8) is 0 Å². The number of nitro benzene ring substituents is 1. The maximum absolute atomic E-state index is 14.6. The summed E-state index contributed by atoms with van der Waals surface area (Å²) >= 11 is 0.452. The van der Waals surface area contributed by atoms with E-state index in [1.165, 1.54) is 30.7 Å². The predicted molar refractivity (Wildman–Crippen MR) is 91.4 cm³/mol. The Kier molecular flexibility index (Phi) is 9.18. The number of rotatable bonds is 12. The van der Waals surface area contributed by atoms with Gasteiger partial charge in [-0.3, -0.25) is 10.1 Å². The second kappa shape index (κ2) is 10.6. The van der Waals surface area contributed by atoms with E-state index in [0.717, 1.165) is 32.1 Å². The van der Waals surface area contributed by atoms with E-state index < -0.39 is 16.3 Å². The number of benzene rings is 1. The fraction of sp³-hybridized carbons (Fsp3) is 0.647. The number of non-ortho nitro benzene ring substituents is 1. The molecule has 0 aromatic heterocycles. The molecule has 3 nitrogen and oxygen atoms in total. The molecule has 0 amide bonds. The molecule has 24 heavy (non-hydrogen) atoms. The van der Waals surface area contributed by atoms with E-state index in [2.05, 4.69) is 6.92 Å². The van der Waals surface area contributed by atoms with Crippen LogP contribution >= 0.6 is 11.8 Å². The first-order chi connectivity index (χ1) is 11.4. The Hall–Kier alpha value is -1.24. The lowest BCUT2D eigenvalue weighted by Gasteiger charge is -2.23. The topological polar surface area (TPSA) is 43.1 Å². The summed E-state index contributed by atoms with van der Waals surface area (Å²) < 4.78 is 40.9. The zero-order valence-corrected chi connectivity index (χ0v) is 14.7. The lowest BCUT2D eigenvalue weighted by atomic mass is 10.1. The molecule has 1 unspecified atom stereocenters. The standard InChI is InChI=1S/C17H24F3NO2S/c1-2-3-4-5-6-7-8-13-17(20,16(18)19)24-15-11-9-14(10-12-15)21(22)23/h9-12,16H,2-8,13H2,1H3. The normalized spacial score (nSPS) is 13.9. The maximum Gasteiger partial charge on any atom is 0.281 e. The van der Waals surface area contributed by atoms with E-state index in [-0.39, 0.29) is 17.0 Å². The van der Waals surface area contributed by atoms with E-state index in [1.54, 1.807) is 0 Å². The van der Waals surface area contributed by atoms with Gasteiger partial charge >= 0.3 is 0 Å². The number of nitrogens with zero attached hydrogens (tertiary/aromatic N) is 1. The second-order valence-electron chi connectivity index (χ2n) is 5.81. The molecule has 0 saturated carbocycles. The van der Waals surface area contributed by atoms with Gasteiger partial charge in [0.25, 0.3) is 12.1 Å². The minimum atomic E-state index is -3.10. The molecule has 0 N–H and O–H groups in total. The second-order valence-corrected chi connectivity index (χ2v) is 7.17. The number of nitro groups is 1.